The van der Waals surface area contributed by atoms with E-state index in [9.17, 15) is 13.2 Å². The number of piperidine rings is 1. The molecule has 1 saturated heterocycles. The van der Waals surface area contributed by atoms with Crippen LogP contribution < -0.4 is 5.32 Å². The number of halogens is 1. The van der Waals surface area contributed by atoms with Crippen molar-refractivity contribution < 1.29 is 13.2 Å². The van der Waals surface area contributed by atoms with Gasteiger partial charge in [0.2, 0.25) is 15.9 Å². The molecule has 0 spiro atoms. The number of aromatic nitrogens is 1. The van der Waals surface area contributed by atoms with Crippen LogP contribution in [0.1, 0.15) is 44.1 Å². The number of carbonyl (C=O) groups is 1. The number of amides is 1. The van der Waals surface area contributed by atoms with Crippen molar-refractivity contribution in [2.45, 2.75) is 48.8 Å². The Hall–Kier alpha value is -1.96. The van der Waals surface area contributed by atoms with Crippen LogP contribution in [0.5, 0.6) is 0 Å². The van der Waals surface area contributed by atoms with Gasteiger partial charge in [-0.15, -0.1) is 0 Å². The maximum atomic E-state index is 12.9. The fourth-order valence-corrected chi connectivity index (χ4v) is 6.77. The minimum atomic E-state index is -3.71. The summed E-state index contributed by atoms with van der Waals surface area (Å²) >= 11 is 5.99. The Balaban J connectivity index is 1.36. The zero-order valence-electron chi connectivity index (χ0n) is 17.5. The first-order valence-corrected chi connectivity index (χ1v) is 12.7. The van der Waals surface area contributed by atoms with Crippen molar-refractivity contribution >= 4 is 27.5 Å². The number of carbonyl (C=O) groups excluding carboxylic acids is 1. The van der Waals surface area contributed by atoms with Gasteiger partial charge in [0.1, 0.15) is 10.0 Å². The van der Waals surface area contributed by atoms with Gasteiger partial charge in [-0.05, 0) is 43.4 Å². The molecule has 2 heterocycles. The number of nitrogens with one attached hydrogen (secondary N) is 1. The summed E-state index contributed by atoms with van der Waals surface area (Å²) in [7, 11) is -3.71. The number of benzene rings is 1. The second kappa shape index (κ2) is 9.27. The quantitative estimate of drug-likeness (QED) is 0.664. The topological polar surface area (TPSA) is 79.4 Å². The maximum absolute atomic E-state index is 12.9. The molecule has 4 rings (SSSR count). The third kappa shape index (κ3) is 4.64. The molecule has 1 saturated carbocycles. The van der Waals surface area contributed by atoms with Gasteiger partial charge in [-0.1, -0.05) is 54.8 Å². The molecule has 1 aromatic carbocycles. The largest absolute Gasteiger partial charge is 0.355 e. The number of nitrogens with zero attached hydrogens (tertiary/aromatic N) is 2. The summed E-state index contributed by atoms with van der Waals surface area (Å²) in [5, 5.41) is 3.17. The van der Waals surface area contributed by atoms with Crippen molar-refractivity contribution in [1.82, 2.24) is 14.6 Å². The molecule has 0 atom stereocenters. The van der Waals surface area contributed by atoms with E-state index in [2.05, 4.69) is 34.6 Å². The lowest BCUT2D eigenvalue weighted by Crippen LogP contribution is -2.46. The average molecular weight is 462 g/mol. The molecule has 8 heteroatoms. The van der Waals surface area contributed by atoms with E-state index in [1.807, 2.05) is 6.07 Å². The summed E-state index contributed by atoms with van der Waals surface area (Å²) in [6.07, 6.45) is 6.99. The van der Waals surface area contributed by atoms with Crippen LogP contribution in [0.2, 0.25) is 5.15 Å². The summed E-state index contributed by atoms with van der Waals surface area (Å²) in [6.45, 7) is 1.24. The SMILES string of the molecule is O=C(NCC1(c2ccccc2)CCCC1)C1CCN(S(=O)(=O)c2cccnc2Cl)CC1. The minimum Gasteiger partial charge on any atom is -0.355 e. The van der Waals surface area contributed by atoms with Gasteiger partial charge in [-0.25, -0.2) is 13.4 Å². The molecule has 1 aliphatic heterocycles. The average Bonchev–Trinajstić information content (AvgIpc) is 3.28. The second-order valence-electron chi connectivity index (χ2n) is 8.54. The highest BCUT2D eigenvalue weighted by Crippen LogP contribution is 2.40. The predicted molar refractivity (Wildman–Crippen MR) is 120 cm³/mol. The molecule has 1 N–H and O–H groups in total. The first-order valence-electron chi connectivity index (χ1n) is 10.9. The Morgan fingerprint density at radius 1 is 1.10 bits per heavy atom. The van der Waals surface area contributed by atoms with Crippen LogP contribution in [0.3, 0.4) is 0 Å². The first kappa shape index (κ1) is 22.2. The van der Waals surface area contributed by atoms with Crippen molar-refractivity contribution in [3.8, 4) is 0 Å². The minimum absolute atomic E-state index is 0.0119. The summed E-state index contributed by atoms with van der Waals surface area (Å²) in [5.74, 6) is -0.149. The number of pyridine rings is 1. The van der Waals surface area contributed by atoms with Gasteiger partial charge in [0.05, 0.1) is 0 Å². The molecule has 1 aliphatic carbocycles. The van der Waals surface area contributed by atoms with Crippen LogP contribution in [-0.4, -0.2) is 43.2 Å². The van der Waals surface area contributed by atoms with E-state index in [0.29, 0.717) is 32.5 Å². The third-order valence-corrected chi connectivity index (χ3v) is 9.06. The van der Waals surface area contributed by atoms with Gasteiger partial charge in [-0.3, -0.25) is 4.79 Å². The van der Waals surface area contributed by atoms with Crippen molar-refractivity contribution in [3.05, 3.63) is 59.4 Å². The first-order chi connectivity index (χ1) is 14.9. The van der Waals surface area contributed by atoms with E-state index in [0.717, 1.165) is 12.8 Å². The van der Waals surface area contributed by atoms with Crippen molar-refractivity contribution in [2.75, 3.05) is 19.6 Å². The molecule has 1 aromatic heterocycles. The summed E-state index contributed by atoms with van der Waals surface area (Å²) in [6, 6.07) is 13.5. The smallest absolute Gasteiger partial charge is 0.246 e. The highest BCUT2D eigenvalue weighted by Gasteiger charge is 2.37. The van der Waals surface area contributed by atoms with Gasteiger partial charge in [-0.2, -0.15) is 4.31 Å². The lowest BCUT2D eigenvalue weighted by Gasteiger charge is -2.33. The van der Waals surface area contributed by atoms with Crippen LogP contribution in [0.15, 0.2) is 53.6 Å². The van der Waals surface area contributed by atoms with E-state index < -0.39 is 10.0 Å². The Morgan fingerprint density at radius 3 is 2.42 bits per heavy atom. The number of rotatable bonds is 6. The zero-order chi connectivity index (χ0) is 21.9. The van der Waals surface area contributed by atoms with Crippen molar-refractivity contribution in [1.29, 1.82) is 0 Å². The highest BCUT2D eigenvalue weighted by molar-refractivity contribution is 7.89. The van der Waals surface area contributed by atoms with E-state index in [1.54, 1.807) is 6.07 Å². The fourth-order valence-electron chi connectivity index (χ4n) is 4.87. The molecule has 0 radical (unpaired) electrons. The van der Waals surface area contributed by atoms with Crippen LogP contribution in [0, 0.1) is 5.92 Å². The molecular formula is C23H28ClN3O3S. The zero-order valence-corrected chi connectivity index (χ0v) is 19.0. The van der Waals surface area contributed by atoms with Crippen LogP contribution >= 0.6 is 11.6 Å². The molecule has 1 amide bonds. The Morgan fingerprint density at radius 2 is 1.77 bits per heavy atom. The monoisotopic (exact) mass is 461 g/mol. The van der Waals surface area contributed by atoms with Gasteiger partial charge in [0, 0.05) is 37.2 Å². The molecule has 6 nitrogen and oxygen atoms in total. The van der Waals surface area contributed by atoms with E-state index in [-0.39, 0.29) is 27.3 Å². The molecule has 2 aromatic rings. The number of hydrogen-bond donors (Lipinski definition) is 1. The van der Waals surface area contributed by atoms with Crippen molar-refractivity contribution in [3.63, 3.8) is 0 Å². The summed E-state index contributed by atoms with van der Waals surface area (Å²) in [4.78, 5) is 16.8. The second-order valence-corrected chi connectivity index (χ2v) is 10.8. The fraction of sp³-hybridized carbons (Fsp3) is 0.478. The van der Waals surface area contributed by atoms with Crippen LogP contribution in [0.4, 0.5) is 0 Å². The lowest BCUT2D eigenvalue weighted by atomic mass is 9.78. The summed E-state index contributed by atoms with van der Waals surface area (Å²) in [5.41, 5.74) is 1.31. The highest BCUT2D eigenvalue weighted by atomic mass is 35.5. The molecule has 0 bridgehead atoms. The molecule has 2 fully saturated rings. The molecule has 0 unspecified atom stereocenters. The van der Waals surface area contributed by atoms with Crippen LogP contribution in [0.25, 0.3) is 0 Å². The number of hydrogen-bond acceptors (Lipinski definition) is 4. The lowest BCUT2D eigenvalue weighted by molar-refractivity contribution is -0.126. The standard InChI is InChI=1S/C23H28ClN3O3S/c24-21-20(9-6-14-25-21)31(29,30)27-15-10-18(11-16-27)22(28)26-17-23(12-4-5-13-23)19-7-2-1-3-8-19/h1-3,6-9,14,18H,4-5,10-13,15-17H2,(H,26,28). The molecule has 31 heavy (non-hydrogen) atoms. The molecule has 2 aliphatic rings. The van der Waals surface area contributed by atoms with E-state index in [1.165, 1.54) is 35.0 Å². The normalized spacial score (nSPS) is 19.9. The number of sulfonamides is 1. The van der Waals surface area contributed by atoms with Gasteiger partial charge in [0.15, 0.2) is 0 Å². The van der Waals surface area contributed by atoms with Crippen molar-refractivity contribution in [2.24, 2.45) is 5.92 Å². The Bertz CT molecular complexity index is 1020. The third-order valence-electron chi connectivity index (χ3n) is 6.72. The van der Waals surface area contributed by atoms with Gasteiger partial charge >= 0.3 is 0 Å². The Kier molecular flexibility index (Phi) is 6.65. The van der Waals surface area contributed by atoms with E-state index in [4.69, 9.17) is 11.6 Å². The molecular weight excluding hydrogens is 434 g/mol. The summed E-state index contributed by atoms with van der Waals surface area (Å²) < 4.78 is 27.2. The van der Waals surface area contributed by atoms with Gasteiger partial charge < -0.3 is 5.32 Å². The predicted octanol–water partition coefficient (Wildman–Crippen LogP) is 3.76. The van der Waals surface area contributed by atoms with E-state index >= 15 is 0 Å². The Labute approximate surface area is 189 Å². The van der Waals surface area contributed by atoms with Gasteiger partial charge in [0.25, 0.3) is 0 Å². The van der Waals surface area contributed by atoms with Crippen LogP contribution in [-0.2, 0) is 20.2 Å². The molecule has 166 valence electrons. The maximum Gasteiger partial charge on any atom is 0.246 e.